The fourth-order valence-corrected chi connectivity index (χ4v) is 2.99. The van der Waals surface area contributed by atoms with E-state index in [1.807, 2.05) is 24.3 Å². The molecule has 0 atom stereocenters. The largest absolute Gasteiger partial charge is 0.469 e. The van der Waals surface area contributed by atoms with Gasteiger partial charge in [0.05, 0.1) is 18.4 Å². The second kappa shape index (κ2) is 8.39. The molecule has 0 unspecified atom stereocenters. The van der Waals surface area contributed by atoms with Gasteiger partial charge in [-0.05, 0) is 12.0 Å². The Bertz CT molecular complexity index is 1050. The van der Waals surface area contributed by atoms with Gasteiger partial charge in [0.2, 0.25) is 0 Å². The lowest BCUT2D eigenvalue weighted by Crippen LogP contribution is -2.13. The minimum absolute atomic E-state index is 0.0401. The molecule has 0 aliphatic heterocycles. The van der Waals surface area contributed by atoms with Gasteiger partial charge in [0.1, 0.15) is 11.5 Å². The van der Waals surface area contributed by atoms with Crippen LogP contribution in [0.1, 0.15) is 27.9 Å². The number of esters is 1. The lowest BCUT2D eigenvalue weighted by atomic mass is 9.99. The summed E-state index contributed by atoms with van der Waals surface area (Å²) in [5.41, 5.74) is 15.3. The molecule has 0 radical (unpaired) electrons. The van der Waals surface area contributed by atoms with Gasteiger partial charge in [-0.2, -0.15) is 5.10 Å². The molecule has 1 aromatic heterocycles. The molecule has 0 fully saturated rings. The lowest BCUT2D eigenvalue weighted by Gasteiger charge is -2.06. The summed E-state index contributed by atoms with van der Waals surface area (Å²) in [4.78, 5) is 23.4. The molecule has 8 nitrogen and oxygen atoms in total. The third-order valence-electron chi connectivity index (χ3n) is 4.57. The lowest BCUT2D eigenvalue weighted by molar-refractivity contribution is -0.140. The molecule has 148 valence electrons. The van der Waals surface area contributed by atoms with E-state index in [0.29, 0.717) is 35.4 Å². The molecular weight excluding hydrogens is 370 g/mol. The Hall–Kier alpha value is -3.94. The molecule has 2 aromatic carbocycles. The number of nitrogens with zero attached hydrogens (tertiary/aromatic N) is 1. The maximum absolute atomic E-state index is 12.2. The number of H-pyrrole nitrogens is 1. The predicted octanol–water partition coefficient (Wildman–Crippen LogP) is 2.23. The second-order valence-electron chi connectivity index (χ2n) is 6.45. The number of nitrogens with two attached hydrogens (primary N) is 2. The Balaban J connectivity index is 1.91. The smallest absolute Gasteiger partial charge is 0.305 e. The number of amides is 1. The predicted molar refractivity (Wildman–Crippen MR) is 109 cm³/mol. The van der Waals surface area contributed by atoms with E-state index in [1.165, 1.54) is 7.11 Å². The Morgan fingerprint density at radius 1 is 1.03 bits per heavy atom. The van der Waals surface area contributed by atoms with Crippen LogP contribution in [0.2, 0.25) is 0 Å². The molecule has 8 heteroatoms. The van der Waals surface area contributed by atoms with Crippen molar-refractivity contribution in [3.05, 3.63) is 65.2 Å². The summed E-state index contributed by atoms with van der Waals surface area (Å²) in [5, 5.41) is 14.6. The van der Waals surface area contributed by atoms with E-state index in [4.69, 9.17) is 16.9 Å². The number of carbonyl (C=O) groups excluding carboxylic acids is 2. The number of rotatable bonds is 7. The highest BCUT2D eigenvalue weighted by molar-refractivity contribution is 6.04. The van der Waals surface area contributed by atoms with Gasteiger partial charge in [-0.1, -0.05) is 48.5 Å². The van der Waals surface area contributed by atoms with E-state index in [2.05, 4.69) is 14.9 Å². The van der Waals surface area contributed by atoms with E-state index in [1.54, 1.807) is 24.3 Å². The van der Waals surface area contributed by atoms with Gasteiger partial charge in [0.25, 0.3) is 5.91 Å². The van der Waals surface area contributed by atoms with Crippen molar-refractivity contribution in [1.29, 1.82) is 5.41 Å². The zero-order valence-corrected chi connectivity index (χ0v) is 15.9. The van der Waals surface area contributed by atoms with Gasteiger partial charge in [-0.15, -0.1) is 0 Å². The molecule has 1 amide bonds. The summed E-state index contributed by atoms with van der Waals surface area (Å²) in [6, 6.07) is 14.3. The maximum Gasteiger partial charge on any atom is 0.305 e. The number of amidine groups is 1. The third kappa shape index (κ3) is 4.32. The van der Waals surface area contributed by atoms with Crippen molar-refractivity contribution in [2.75, 3.05) is 7.11 Å². The van der Waals surface area contributed by atoms with Crippen molar-refractivity contribution in [1.82, 2.24) is 10.2 Å². The first kappa shape index (κ1) is 19.8. The summed E-state index contributed by atoms with van der Waals surface area (Å²) in [5.74, 6) is -0.907. The molecule has 0 saturated carbocycles. The quantitative estimate of drug-likeness (QED) is 0.277. The third-order valence-corrected chi connectivity index (χ3v) is 4.57. The van der Waals surface area contributed by atoms with Crippen LogP contribution >= 0.6 is 0 Å². The molecule has 0 aliphatic rings. The first-order chi connectivity index (χ1) is 13.9. The fraction of sp³-hybridized carbons (Fsp3) is 0.143. The van der Waals surface area contributed by atoms with Crippen molar-refractivity contribution in [3.8, 4) is 22.5 Å². The Kier molecular flexibility index (Phi) is 5.73. The number of primary amides is 1. The van der Waals surface area contributed by atoms with Crippen LogP contribution in [0.15, 0.2) is 48.5 Å². The van der Waals surface area contributed by atoms with Crippen LogP contribution in [-0.2, 0) is 16.0 Å². The monoisotopic (exact) mass is 391 g/mol. The average Bonchev–Trinajstić information content (AvgIpc) is 3.18. The molecule has 3 rings (SSSR count). The number of methoxy groups -OCH3 is 1. The number of ether oxygens (including phenoxy) is 1. The van der Waals surface area contributed by atoms with Gasteiger partial charge in [-0.3, -0.25) is 20.1 Å². The highest BCUT2D eigenvalue weighted by atomic mass is 16.5. The molecular formula is C21H21N5O3. The van der Waals surface area contributed by atoms with Gasteiger partial charge in [0, 0.05) is 23.1 Å². The van der Waals surface area contributed by atoms with E-state index in [0.717, 1.165) is 11.1 Å². The van der Waals surface area contributed by atoms with Crippen LogP contribution < -0.4 is 11.5 Å². The van der Waals surface area contributed by atoms with E-state index < -0.39 is 5.91 Å². The Morgan fingerprint density at radius 3 is 2.21 bits per heavy atom. The number of aromatic nitrogens is 2. The second-order valence-corrected chi connectivity index (χ2v) is 6.45. The minimum Gasteiger partial charge on any atom is -0.469 e. The number of nitrogen functional groups attached to an aromatic ring is 1. The van der Waals surface area contributed by atoms with Crippen LogP contribution in [0.3, 0.4) is 0 Å². The molecule has 0 saturated heterocycles. The number of benzene rings is 2. The summed E-state index contributed by atoms with van der Waals surface area (Å²) >= 11 is 0. The first-order valence-electron chi connectivity index (χ1n) is 8.90. The van der Waals surface area contributed by atoms with Crippen LogP contribution in [0, 0.1) is 5.41 Å². The molecule has 0 spiro atoms. The van der Waals surface area contributed by atoms with Gasteiger partial charge in [-0.25, -0.2) is 0 Å². The highest BCUT2D eigenvalue weighted by Gasteiger charge is 2.20. The van der Waals surface area contributed by atoms with E-state index >= 15 is 0 Å². The number of hydrogen-bond donors (Lipinski definition) is 4. The molecule has 3 aromatic rings. The molecule has 0 aliphatic carbocycles. The topological polar surface area (TPSA) is 148 Å². The van der Waals surface area contributed by atoms with Crippen molar-refractivity contribution in [3.63, 3.8) is 0 Å². The van der Waals surface area contributed by atoms with Crippen LogP contribution in [0.25, 0.3) is 22.5 Å². The molecule has 29 heavy (non-hydrogen) atoms. The SMILES string of the molecule is COC(=O)CCc1ccc(-c2[nH]nc(-c3ccc(C(=N)N)cc3)c2C(N)=O)cc1. The van der Waals surface area contributed by atoms with E-state index in [9.17, 15) is 9.59 Å². The van der Waals surface area contributed by atoms with Gasteiger partial charge >= 0.3 is 5.97 Å². The number of carbonyl (C=O) groups is 2. The summed E-state index contributed by atoms with van der Waals surface area (Å²) in [7, 11) is 1.36. The van der Waals surface area contributed by atoms with Gasteiger partial charge < -0.3 is 16.2 Å². The minimum atomic E-state index is -0.603. The van der Waals surface area contributed by atoms with Crippen molar-refractivity contribution in [2.45, 2.75) is 12.8 Å². The van der Waals surface area contributed by atoms with Crippen molar-refractivity contribution < 1.29 is 14.3 Å². The first-order valence-corrected chi connectivity index (χ1v) is 8.90. The highest BCUT2D eigenvalue weighted by Crippen LogP contribution is 2.30. The average molecular weight is 391 g/mol. The number of aryl methyl sites for hydroxylation is 1. The maximum atomic E-state index is 12.2. The van der Waals surface area contributed by atoms with Crippen LogP contribution in [0.5, 0.6) is 0 Å². The number of hydrogen-bond acceptors (Lipinski definition) is 5. The zero-order chi connectivity index (χ0) is 21.0. The summed E-state index contributed by atoms with van der Waals surface area (Å²) in [6.45, 7) is 0. The molecule has 6 N–H and O–H groups in total. The Labute approximate surface area is 167 Å². The number of nitrogens with one attached hydrogen (secondary N) is 2. The van der Waals surface area contributed by atoms with E-state index in [-0.39, 0.29) is 17.4 Å². The normalized spacial score (nSPS) is 10.5. The van der Waals surface area contributed by atoms with Crippen LogP contribution in [-0.4, -0.2) is 35.0 Å². The zero-order valence-electron chi connectivity index (χ0n) is 15.9. The standard InChI is InChI=1S/C21H21N5O3/c1-29-16(27)11-4-12-2-5-13(6-3-12)18-17(21(24)28)19(26-25-18)14-7-9-15(10-8-14)20(22)23/h2-3,5-10H,4,11H2,1H3,(H3,22,23)(H2,24,28)(H,25,26). The fourth-order valence-electron chi connectivity index (χ4n) is 2.99. The van der Waals surface area contributed by atoms with Crippen molar-refractivity contribution in [2.24, 2.45) is 11.5 Å². The molecule has 1 heterocycles. The van der Waals surface area contributed by atoms with Gasteiger partial charge in [0.15, 0.2) is 0 Å². The van der Waals surface area contributed by atoms with Crippen molar-refractivity contribution >= 4 is 17.7 Å². The van der Waals surface area contributed by atoms with Crippen LogP contribution in [0.4, 0.5) is 0 Å². The summed E-state index contributed by atoms with van der Waals surface area (Å²) < 4.78 is 4.65. The molecule has 0 bridgehead atoms. The number of aromatic amines is 1. The Morgan fingerprint density at radius 2 is 1.66 bits per heavy atom. The summed E-state index contributed by atoms with van der Waals surface area (Å²) in [6.07, 6.45) is 0.860.